The molecule has 218 valence electrons. The van der Waals surface area contributed by atoms with E-state index in [1.54, 1.807) is 29.6 Å². The second-order valence-corrected chi connectivity index (χ2v) is 10.9. The lowest BCUT2D eigenvalue weighted by Crippen LogP contribution is -2.55. The standard InChI is InChI=1S/C32H44N2O6/c1-2-3-4-5-6-7-8-9-10-15-28(36)34(21-23-16-19-39-22-23)26-20-25(32(38)33-17-18-35)29-24-13-11-12-14-27(24)40-31(29)30(26)37/h11-14,16,19-20,22,26,29-31,35,37H,2-10,15,17-18,21H2,1H3,(H,33,38). The summed E-state index contributed by atoms with van der Waals surface area (Å²) in [6.07, 6.45) is 13.9. The minimum absolute atomic E-state index is 0.0754. The highest BCUT2D eigenvalue weighted by molar-refractivity contribution is 5.96. The van der Waals surface area contributed by atoms with Crippen molar-refractivity contribution in [3.05, 3.63) is 65.6 Å². The van der Waals surface area contributed by atoms with Crippen LogP contribution in [0.4, 0.5) is 0 Å². The van der Waals surface area contributed by atoms with Crippen LogP contribution in [0.25, 0.3) is 0 Å². The molecule has 40 heavy (non-hydrogen) atoms. The van der Waals surface area contributed by atoms with Crippen LogP contribution in [0.15, 0.2) is 58.9 Å². The molecule has 1 aliphatic carbocycles. The van der Waals surface area contributed by atoms with Gasteiger partial charge in [-0.3, -0.25) is 9.59 Å². The Labute approximate surface area is 237 Å². The van der Waals surface area contributed by atoms with E-state index in [1.807, 2.05) is 24.3 Å². The maximum absolute atomic E-state index is 13.7. The van der Waals surface area contributed by atoms with Gasteiger partial charge in [0.05, 0.1) is 31.1 Å². The Morgan fingerprint density at radius 1 is 1.00 bits per heavy atom. The van der Waals surface area contributed by atoms with Crippen LogP contribution in [-0.2, 0) is 16.1 Å². The van der Waals surface area contributed by atoms with Crippen molar-refractivity contribution < 1.29 is 29.0 Å². The van der Waals surface area contributed by atoms with E-state index in [0.29, 0.717) is 17.7 Å². The number of para-hydroxylation sites is 1. The molecule has 8 nitrogen and oxygen atoms in total. The first-order valence-electron chi connectivity index (χ1n) is 14.9. The van der Waals surface area contributed by atoms with Crippen LogP contribution in [-0.4, -0.2) is 58.3 Å². The number of furan rings is 1. The van der Waals surface area contributed by atoms with Gasteiger partial charge in [0, 0.05) is 36.2 Å². The first-order chi connectivity index (χ1) is 19.5. The van der Waals surface area contributed by atoms with E-state index >= 15 is 0 Å². The molecule has 4 rings (SSSR count). The number of carbonyl (C=O) groups excluding carboxylic acids is 2. The Balaban J connectivity index is 1.50. The van der Waals surface area contributed by atoms with Crippen LogP contribution < -0.4 is 10.1 Å². The van der Waals surface area contributed by atoms with Crippen molar-refractivity contribution >= 4 is 11.8 Å². The van der Waals surface area contributed by atoms with Gasteiger partial charge in [0.15, 0.2) is 0 Å². The summed E-state index contributed by atoms with van der Waals surface area (Å²) in [6, 6.07) is 8.51. The number of carbonyl (C=O) groups is 2. The van der Waals surface area contributed by atoms with E-state index in [2.05, 4.69) is 12.2 Å². The van der Waals surface area contributed by atoms with Gasteiger partial charge in [-0.25, -0.2) is 0 Å². The smallest absolute Gasteiger partial charge is 0.247 e. The molecular weight excluding hydrogens is 508 g/mol. The third-order valence-electron chi connectivity index (χ3n) is 7.98. The van der Waals surface area contributed by atoms with Crippen molar-refractivity contribution in [2.45, 2.75) is 102 Å². The number of ether oxygens (including phenoxy) is 1. The lowest BCUT2D eigenvalue weighted by Gasteiger charge is -2.40. The van der Waals surface area contributed by atoms with Crippen molar-refractivity contribution in [3.63, 3.8) is 0 Å². The number of hydrogen-bond donors (Lipinski definition) is 3. The van der Waals surface area contributed by atoms with Gasteiger partial charge in [0.25, 0.3) is 0 Å². The van der Waals surface area contributed by atoms with E-state index in [-0.39, 0.29) is 31.5 Å². The number of hydrogen-bond acceptors (Lipinski definition) is 6. The third kappa shape index (κ3) is 7.34. The van der Waals surface area contributed by atoms with Gasteiger partial charge in [-0.15, -0.1) is 0 Å². The molecule has 2 amide bonds. The van der Waals surface area contributed by atoms with Gasteiger partial charge < -0.3 is 29.6 Å². The lowest BCUT2D eigenvalue weighted by molar-refractivity contribution is -0.138. The molecule has 0 saturated heterocycles. The monoisotopic (exact) mass is 552 g/mol. The summed E-state index contributed by atoms with van der Waals surface area (Å²) in [5.41, 5.74) is 2.08. The topological polar surface area (TPSA) is 112 Å². The fourth-order valence-electron chi connectivity index (χ4n) is 5.86. The minimum Gasteiger partial charge on any atom is -0.486 e. The summed E-state index contributed by atoms with van der Waals surface area (Å²) in [5.74, 6) is -0.255. The molecule has 3 N–H and O–H groups in total. The predicted molar refractivity (Wildman–Crippen MR) is 153 cm³/mol. The molecule has 4 unspecified atom stereocenters. The molecule has 2 heterocycles. The molecule has 4 atom stereocenters. The quantitative estimate of drug-likeness (QED) is 0.257. The molecule has 0 radical (unpaired) electrons. The van der Waals surface area contributed by atoms with Crippen LogP contribution in [0.2, 0.25) is 0 Å². The summed E-state index contributed by atoms with van der Waals surface area (Å²) in [7, 11) is 0. The maximum atomic E-state index is 13.7. The predicted octanol–water partition coefficient (Wildman–Crippen LogP) is 4.85. The molecule has 0 fully saturated rings. The molecule has 1 aliphatic heterocycles. The second kappa shape index (κ2) is 15.1. The number of benzene rings is 1. The van der Waals surface area contributed by atoms with Gasteiger partial charge >= 0.3 is 0 Å². The number of aliphatic hydroxyl groups is 2. The second-order valence-electron chi connectivity index (χ2n) is 10.9. The Bertz CT molecular complexity index is 1110. The molecule has 1 aromatic carbocycles. The zero-order chi connectivity index (χ0) is 28.3. The fraction of sp³-hybridized carbons (Fsp3) is 0.562. The highest BCUT2D eigenvalue weighted by Crippen LogP contribution is 2.47. The Kier molecular flexibility index (Phi) is 11.2. The van der Waals surface area contributed by atoms with Gasteiger partial charge in [-0.05, 0) is 24.6 Å². The first kappa shape index (κ1) is 29.9. The van der Waals surface area contributed by atoms with Crippen LogP contribution in [0, 0.1) is 0 Å². The lowest BCUT2D eigenvalue weighted by atomic mass is 9.77. The molecule has 0 spiro atoms. The number of fused-ring (bicyclic) bond motifs is 3. The Morgan fingerprint density at radius 2 is 1.73 bits per heavy atom. The van der Waals surface area contributed by atoms with E-state index in [0.717, 1.165) is 30.4 Å². The molecule has 2 aliphatic rings. The zero-order valence-electron chi connectivity index (χ0n) is 23.6. The van der Waals surface area contributed by atoms with Crippen molar-refractivity contribution in [1.29, 1.82) is 0 Å². The SMILES string of the molecule is CCCCCCCCCCCC(=O)N(Cc1ccoc1)C1C=C(C(=O)NCCO)C2c3ccccc3OC2C1O. The first-order valence-corrected chi connectivity index (χ1v) is 14.9. The number of unbranched alkanes of at least 4 members (excludes halogenated alkanes) is 8. The molecule has 8 heteroatoms. The third-order valence-corrected chi connectivity index (χ3v) is 7.98. The summed E-state index contributed by atoms with van der Waals surface area (Å²) < 4.78 is 11.4. The van der Waals surface area contributed by atoms with Gasteiger partial charge in [0.1, 0.15) is 18.0 Å². The largest absolute Gasteiger partial charge is 0.486 e. The van der Waals surface area contributed by atoms with Crippen molar-refractivity contribution in [3.8, 4) is 5.75 Å². The molecule has 2 aromatic rings. The summed E-state index contributed by atoms with van der Waals surface area (Å²) in [6.45, 7) is 2.40. The average molecular weight is 553 g/mol. The van der Waals surface area contributed by atoms with Crippen molar-refractivity contribution in [1.82, 2.24) is 10.2 Å². The highest BCUT2D eigenvalue weighted by Gasteiger charge is 2.50. The molecule has 0 bridgehead atoms. The number of amides is 2. The average Bonchev–Trinajstić information content (AvgIpc) is 3.62. The van der Waals surface area contributed by atoms with E-state index in [9.17, 15) is 19.8 Å². The number of nitrogens with one attached hydrogen (secondary N) is 1. The van der Waals surface area contributed by atoms with E-state index < -0.39 is 24.2 Å². The van der Waals surface area contributed by atoms with E-state index in [4.69, 9.17) is 9.15 Å². The normalized spacial score (nSPS) is 21.2. The van der Waals surface area contributed by atoms with Crippen molar-refractivity contribution in [2.24, 2.45) is 0 Å². The van der Waals surface area contributed by atoms with Gasteiger partial charge in [-0.1, -0.05) is 76.5 Å². The van der Waals surface area contributed by atoms with Gasteiger partial charge in [-0.2, -0.15) is 0 Å². The Morgan fingerprint density at radius 3 is 2.42 bits per heavy atom. The fourth-order valence-corrected chi connectivity index (χ4v) is 5.86. The van der Waals surface area contributed by atoms with Crippen LogP contribution in [0.5, 0.6) is 5.75 Å². The zero-order valence-corrected chi connectivity index (χ0v) is 23.6. The summed E-state index contributed by atoms with van der Waals surface area (Å²) >= 11 is 0. The van der Waals surface area contributed by atoms with E-state index in [1.165, 1.54) is 38.5 Å². The maximum Gasteiger partial charge on any atom is 0.247 e. The van der Waals surface area contributed by atoms with Gasteiger partial charge in [0.2, 0.25) is 11.8 Å². The minimum atomic E-state index is -1.04. The van der Waals surface area contributed by atoms with Crippen LogP contribution in [0.1, 0.15) is 88.2 Å². The number of rotatable bonds is 16. The molecular formula is C32H44N2O6. The molecule has 1 aromatic heterocycles. The summed E-state index contributed by atoms with van der Waals surface area (Å²) in [5, 5.41) is 23.6. The number of nitrogens with zero attached hydrogens (tertiary/aromatic N) is 1. The van der Waals surface area contributed by atoms with Crippen LogP contribution >= 0.6 is 0 Å². The highest BCUT2D eigenvalue weighted by atomic mass is 16.5. The van der Waals surface area contributed by atoms with Crippen LogP contribution in [0.3, 0.4) is 0 Å². The number of aliphatic hydroxyl groups excluding tert-OH is 2. The van der Waals surface area contributed by atoms with Crippen molar-refractivity contribution in [2.75, 3.05) is 13.2 Å². The Hall–Kier alpha value is -3.10. The molecule has 0 saturated carbocycles. The summed E-state index contributed by atoms with van der Waals surface area (Å²) in [4.78, 5) is 28.6.